The molecule has 2 aromatic rings. The topological polar surface area (TPSA) is 69.4 Å². The van der Waals surface area contributed by atoms with Crippen LogP contribution >= 0.6 is 11.6 Å². The lowest BCUT2D eigenvalue weighted by atomic mass is 10.2. The third-order valence-electron chi connectivity index (χ3n) is 2.43. The van der Waals surface area contributed by atoms with Crippen molar-refractivity contribution < 1.29 is 18.8 Å². The van der Waals surface area contributed by atoms with Crippen LogP contribution in [0.1, 0.15) is 10.4 Å². The molecule has 0 saturated heterocycles. The lowest BCUT2D eigenvalue weighted by Crippen LogP contribution is -1.95. The number of aldehydes is 1. The van der Waals surface area contributed by atoms with Gasteiger partial charge < -0.3 is 4.74 Å². The van der Waals surface area contributed by atoms with Crippen molar-refractivity contribution in [3.63, 3.8) is 0 Å². The average molecular weight is 296 g/mol. The van der Waals surface area contributed by atoms with Gasteiger partial charge in [-0.3, -0.25) is 14.9 Å². The Balaban J connectivity index is 2.42. The Morgan fingerprint density at radius 2 is 1.90 bits per heavy atom. The van der Waals surface area contributed by atoms with E-state index in [0.29, 0.717) is 6.29 Å². The summed E-state index contributed by atoms with van der Waals surface area (Å²) in [6.45, 7) is 0. The van der Waals surface area contributed by atoms with Gasteiger partial charge in [0.1, 0.15) is 17.9 Å². The third-order valence-corrected chi connectivity index (χ3v) is 2.72. The lowest BCUT2D eigenvalue weighted by Gasteiger charge is -2.08. The van der Waals surface area contributed by atoms with Crippen LogP contribution in [0.2, 0.25) is 5.02 Å². The molecule has 0 fully saturated rings. The molecule has 2 rings (SSSR count). The first-order valence-corrected chi connectivity index (χ1v) is 5.75. The van der Waals surface area contributed by atoms with Crippen molar-refractivity contribution in [3.8, 4) is 11.5 Å². The molecule has 0 aliphatic heterocycles. The molecule has 5 nitrogen and oxygen atoms in total. The second kappa shape index (κ2) is 5.66. The first-order chi connectivity index (χ1) is 9.51. The van der Waals surface area contributed by atoms with Gasteiger partial charge >= 0.3 is 5.69 Å². The molecular weight excluding hydrogens is 289 g/mol. The van der Waals surface area contributed by atoms with Crippen molar-refractivity contribution in [1.29, 1.82) is 0 Å². The van der Waals surface area contributed by atoms with E-state index < -0.39 is 10.7 Å². The standard InChI is InChI=1S/C13H7ClFNO4/c14-10-6-9(15)2-4-12(10)20-13-3-1-8(7-17)5-11(13)16(18)19/h1-7H. The molecule has 0 unspecified atom stereocenters. The summed E-state index contributed by atoms with van der Waals surface area (Å²) in [7, 11) is 0. The third kappa shape index (κ3) is 2.92. The predicted octanol–water partition coefficient (Wildman–Crippen LogP) is 3.99. The highest BCUT2D eigenvalue weighted by atomic mass is 35.5. The van der Waals surface area contributed by atoms with Crippen molar-refractivity contribution in [2.45, 2.75) is 0 Å². The summed E-state index contributed by atoms with van der Waals surface area (Å²) in [6, 6.07) is 7.14. The second-order valence-electron chi connectivity index (χ2n) is 3.78. The van der Waals surface area contributed by atoms with Gasteiger partial charge in [0, 0.05) is 11.6 Å². The number of nitro groups is 1. The van der Waals surface area contributed by atoms with Gasteiger partial charge in [-0.05, 0) is 30.3 Å². The first-order valence-electron chi connectivity index (χ1n) is 5.38. The fraction of sp³-hybridized carbons (Fsp3) is 0. The molecule has 0 radical (unpaired) electrons. The van der Waals surface area contributed by atoms with Crippen molar-refractivity contribution in [1.82, 2.24) is 0 Å². The number of carbonyl (C=O) groups is 1. The summed E-state index contributed by atoms with van der Waals surface area (Å²) in [6.07, 6.45) is 0.488. The van der Waals surface area contributed by atoms with Crippen LogP contribution in [0.3, 0.4) is 0 Å². The largest absolute Gasteiger partial charge is 0.449 e. The van der Waals surface area contributed by atoms with Crippen LogP contribution in [0.5, 0.6) is 11.5 Å². The fourth-order valence-electron chi connectivity index (χ4n) is 1.51. The Kier molecular flexibility index (Phi) is 3.95. The van der Waals surface area contributed by atoms with Gasteiger partial charge in [-0.1, -0.05) is 11.6 Å². The van der Waals surface area contributed by atoms with Crippen LogP contribution in [-0.2, 0) is 0 Å². The Labute approximate surface area is 117 Å². The van der Waals surface area contributed by atoms with E-state index in [1.54, 1.807) is 0 Å². The van der Waals surface area contributed by atoms with Gasteiger partial charge in [-0.25, -0.2) is 4.39 Å². The molecule has 0 aliphatic rings. The van der Waals surface area contributed by atoms with Gasteiger partial charge in [0.2, 0.25) is 5.75 Å². The maximum Gasteiger partial charge on any atom is 0.312 e. The van der Waals surface area contributed by atoms with Crippen LogP contribution in [0.4, 0.5) is 10.1 Å². The summed E-state index contributed by atoms with van der Waals surface area (Å²) in [5.41, 5.74) is -0.232. The molecule has 102 valence electrons. The van der Waals surface area contributed by atoms with E-state index in [-0.39, 0.29) is 27.8 Å². The van der Waals surface area contributed by atoms with Crippen LogP contribution < -0.4 is 4.74 Å². The summed E-state index contributed by atoms with van der Waals surface area (Å²) < 4.78 is 18.2. The molecular formula is C13H7ClFNO4. The molecule has 0 aliphatic carbocycles. The van der Waals surface area contributed by atoms with E-state index in [1.807, 2.05) is 0 Å². The minimum atomic E-state index is -0.681. The molecule has 0 aromatic heterocycles. The zero-order valence-corrected chi connectivity index (χ0v) is 10.6. The second-order valence-corrected chi connectivity index (χ2v) is 4.19. The van der Waals surface area contributed by atoms with Gasteiger partial charge in [-0.15, -0.1) is 0 Å². The Morgan fingerprint density at radius 1 is 1.20 bits per heavy atom. The monoisotopic (exact) mass is 295 g/mol. The number of nitro benzene ring substituents is 1. The van der Waals surface area contributed by atoms with Crippen LogP contribution in [0.25, 0.3) is 0 Å². The van der Waals surface area contributed by atoms with Crippen molar-refractivity contribution in [2.24, 2.45) is 0 Å². The molecule has 0 heterocycles. The maximum absolute atomic E-state index is 12.9. The van der Waals surface area contributed by atoms with E-state index in [4.69, 9.17) is 16.3 Å². The SMILES string of the molecule is O=Cc1ccc(Oc2ccc(F)cc2Cl)c([N+](=O)[O-])c1. The van der Waals surface area contributed by atoms with E-state index >= 15 is 0 Å². The summed E-state index contributed by atoms with van der Waals surface area (Å²) >= 11 is 5.78. The highest BCUT2D eigenvalue weighted by Gasteiger charge is 2.17. The molecule has 7 heteroatoms. The smallest absolute Gasteiger partial charge is 0.312 e. The number of nitrogens with zero attached hydrogens (tertiary/aromatic N) is 1. The van der Waals surface area contributed by atoms with Crippen LogP contribution in [0.15, 0.2) is 36.4 Å². The highest BCUT2D eigenvalue weighted by molar-refractivity contribution is 6.32. The zero-order chi connectivity index (χ0) is 14.7. The normalized spacial score (nSPS) is 10.1. The van der Waals surface area contributed by atoms with Crippen molar-refractivity contribution in [2.75, 3.05) is 0 Å². The lowest BCUT2D eigenvalue weighted by molar-refractivity contribution is -0.385. The molecule has 20 heavy (non-hydrogen) atoms. The van der Waals surface area contributed by atoms with Crippen molar-refractivity contribution >= 4 is 23.6 Å². The van der Waals surface area contributed by atoms with E-state index in [2.05, 4.69) is 0 Å². The van der Waals surface area contributed by atoms with Crippen LogP contribution in [0, 0.1) is 15.9 Å². The number of hydrogen-bond donors (Lipinski definition) is 0. The number of hydrogen-bond acceptors (Lipinski definition) is 4. The number of benzene rings is 2. The average Bonchev–Trinajstić information content (AvgIpc) is 2.42. The van der Waals surface area contributed by atoms with Gasteiger partial charge in [-0.2, -0.15) is 0 Å². The Morgan fingerprint density at radius 3 is 2.50 bits per heavy atom. The minimum Gasteiger partial charge on any atom is -0.449 e. The molecule has 0 atom stereocenters. The molecule has 0 saturated carbocycles. The maximum atomic E-state index is 12.9. The molecule has 0 amide bonds. The highest BCUT2D eigenvalue weighted by Crippen LogP contribution is 2.35. The predicted molar refractivity (Wildman–Crippen MR) is 70.0 cm³/mol. The van der Waals surface area contributed by atoms with Gasteiger partial charge in [0.25, 0.3) is 0 Å². The molecule has 0 N–H and O–H groups in total. The summed E-state index contributed by atoms with van der Waals surface area (Å²) in [5.74, 6) is -0.558. The quantitative estimate of drug-likeness (QED) is 0.486. The Hall–Kier alpha value is -2.47. The molecule has 2 aromatic carbocycles. The fourth-order valence-corrected chi connectivity index (χ4v) is 1.72. The van der Waals surface area contributed by atoms with Gasteiger partial charge in [0.15, 0.2) is 0 Å². The zero-order valence-electron chi connectivity index (χ0n) is 9.88. The van der Waals surface area contributed by atoms with Crippen molar-refractivity contribution in [3.05, 3.63) is 62.9 Å². The van der Waals surface area contributed by atoms with Crippen LogP contribution in [-0.4, -0.2) is 11.2 Å². The minimum absolute atomic E-state index is 0.0150. The molecule has 0 bridgehead atoms. The number of ether oxygens (including phenoxy) is 1. The summed E-state index contributed by atoms with van der Waals surface area (Å²) in [4.78, 5) is 20.9. The number of halogens is 2. The van der Waals surface area contributed by atoms with E-state index in [1.165, 1.54) is 18.2 Å². The van der Waals surface area contributed by atoms with E-state index in [9.17, 15) is 19.3 Å². The number of rotatable bonds is 4. The summed E-state index contributed by atoms with van der Waals surface area (Å²) in [5, 5.41) is 10.9. The number of carbonyl (C=O) groups excluding carboxylic acids is 1. The van der Waals surface area contributed by atoms with E-state index in [0.717, 1.165) is 18.2 Å². The molecule has 0 spiro atoms. The Bertz CT molecular complexity index is 690. The van der Waals surface area contributed by atoms with Gasteiger partial charge in [0.05, 0.1) is 9.95 Å². The first kappa shape index (κ1) is 14.0.